The topological polar surface area (TPSA) is 30.9 Å². The highest BCUT2D eigenvalue weighted by Gasteiger charge is 2.03. The summed E-state index contributed by atoms with van der Waals surface area (Å²) in [6.45, 7) is 3.12. The summed E-state index contributed by atoms with van der Waals surface area (Å²) < 4.78 is 2.25. The predicted octanol–water partition coefficient (Wildman–Crippen LogP) is 2.26. The van der Waals surface area contributed by atoms with Crippen molar-refractivity contribution in [2.45, 2.75) is 25.9 Å². The van der Waals surface area contributed by atoms with Gasteiger partial charge in [-0.2, -0.15) is 11.8 Å². The molecule has 0 bridgehead atoms. The quantitative estimate of drug-likeness (QED) is 0.736. The Bertz CT molecular complexity index is 243. The van der Waals surface area contributed by atoms with Crippen molar-refractivity contribution < 1.29 is 0 Å². The third-order valence-electron chi connectivity index (χ3n) is 2.08. The Balaban J connectivity index is 2.50. The van der Waals surface area contributed by atoms with Crippen LogP contribution in [0.5, 0.6) is 0 Å². The van der Waals surface area contributed by atoms with Crippen molar-refractivity contribution in [1.29, 1.82) is 0 Å². The van der Waals surface area contributed by atoms with E-state index in [9.17, 15) is 0 Å². The van der Waals surface area contributed by atoms with E-state index < -0.39 is 0 Å². The van der Waals surface area contributed by atoms with Crippen LogP contribution in [0.15, 0.2) is 18.3 Å². The van der Waals surface area contributed by atoms with Crippen LogP contribution in [0.1, 0.15) is 25.1 Å². The van der Waals surface area contributed by atoms with Crippen LogP contribution in [0.3, 0.4) is 0 Å². The lowest BCUT2D eigenvalue weighted by Crippen LogP contribution is -2.12. The summed E-state index contributed by atoms with van der Waals surface area (Å²) in [5, 5.41) is 0. The Kier molecular flexibility index (Phi) is 4.39. The van der Waals surface area contributed by atoms with Crippen LogP contribution >= 0.6 is 11.8 Å². The zero-order chi connectivity index (χ0) is 9.68. The second kappa shape index (κ2) is 5.35. The van der Waals surface area contributed by atoms with E-state index in [1.54, 1.807) is 0 Å². The minimum absolute atomic E-state index is 0.143. The van der Waals surface area contributed by atoms with Crippen molar-refractivity contribution in [3.63, 3.8) is 0 Å². The van der Waals surface area contributed by atoms with Gasteiger partial charge in [-0.3, -0.25) is 0 Å². The van der Waals surface area contributed by atoms with Crippen LogP contribution in [-0.2, 0) is 6.54 Å². The van der Waals surface area contributed by atoms with Gasteiger partial charge < -0.3 is 10.3 Å². The van der Waals surface area contributed by atoms with Gasteiger partial charge in [0.05, 0.1) is 0 Å². The SMILES string of the molecule is CSCCCn1cccc1C(C)N. The molecule has 13 heavy (non-hydrogen) atoms. The normalized spacial score (nSPS) is 13.2. The molecule has 0 aromatic carbocycles. The number of nitrogens with zero attached hydrogens (tertiary/aromatic N) is 1. The molecule has 1 unspecified atom stereocenters. The van der Waals surface area contributed by atoms with E-state index in [-0.39, 0.29) is 6.04 Å². The van der Waals surface area contributed by atoms with E-state index in [1.165, 1.54) is 17.9 Å². The first-order valence-corrected chi connectivity index (χ1v) is 6.04. The maximum Gasteiger partial charge on any atom is 0.0421 e. The summed E-state index contributed by atoms with van der Waals surface area (Å²) >= 11 is 1.89. The minimum atomic E-state index is 0.143. The monoisotopic (exact) mass is 198 g/mol. The van der Waals surface area contributed by atoms with Gasteiger partial charge >= 0.3 is 0 Å². The molecule has 0 aliphatic carbocycles. The average Bonchev–Trinajstić information content (AvgIpc) is 2.53. The molecule has 2 N–H and O–H groups in total. The summed E-state index contributed by atoms with van der Waals surface area (Å²) in [6, 6.07) is 4.31. The van der Waals surface area contributed by atoms with Crippen molar-refractivity contribution >= 4 is 11.8 Å². The van der Waals surface area contributed by atoms with Gasteiger partial charge in [-0.05, 0) is 37.5 Å². The number of aromatic nitrogens is 1. The second-order valence-corrected chi connectivity index (χ2v) is 4.25. The largest absolute Gasteiger partial charge is 0.350 e. The molecule has 3 heteroatoms. The zero-order valence-corrected chi connectivity index (χ0v) is 9.18. The molecule has 1 aromatic heterocycles. The van der Waals surface area contributed by atoms with E-state index in [4.69, 9.17) is 5.73 Å². The van der Waals surface area contributed by atoms with Crippen molar-refractivity contribution in [3.8, 4) is 0 Å². The van der Waals surface area contributed by atoms with Crippen LogP contribution in [0, 0.1) is 0 Å². The lowest BCUT2D eigenvalue weighted by Gasteiger charge is -2.11. The Labute approximate surface area is 84.5 Å². The molecule has 0 saturated carbocycles. The van der Waals surface area contributed by atoms with E-state index in [0.29, 0.717) is 0 Å². The first kappa shape index (κ1) is 10.7. The van der Waals surface area contributed by atoms with Gasteiger partial charge in [-0.25, -0.2) is 0 Å². The first-order valence-electron chi connectivity index (χ1n) is 4.65. The highest BCUT2D eigenvalue weighted by molar-refractivity contribution is 7.98. The van der Waals surface area contributed by atoms with Gasteiger partial charge in [-0.15, -0.1) is 0 Å². The lowest BCUT2D eigenvalue weighted by atomic mass is 10.2. The molecule has 0 fully saturated rings. The molecule has 0 aliphatic heterocycles. The number of rotatable bonds is 5. The highest BCUT2D eigenvalue weighted by atomic mass is 32.2. The second-order valence-electron chi connectivity index (χ2n) is 3.26. The number of nitrogens with two attached hydrogens (primary N) is 1. The number of hydrogen-bond donors (Lipinski definition) is 1. The van der Waals surface area contributed by atoms with Crippen LogP contribution < -0.4 is 5.73 Å². The number of thioether (sulfide) groups is 1. The van der Waals surface area contributed by atoms with Gasteiger partial charge in [0.25, 0.3) is 0 Å². The smallest absolute Gasteiger partial charge is 0.0421 e. The maximum atomic E-state index is 5.84. The van der Waals surface area contributed by atoms with Crippen LogP contribution in [0.4, 0.5) is 0 Å². The summed E-state index contributed by atoms with van der Waals surface area (Å²) in [7, 11) is 0. The maximum absolute atomic E-state index is 5.84. The van der Waals surface area contributed by atoms with Crippen LogP contribution in [-0.4, -0.2) is 16.6 Å². The highest BCUT2D eigenvalue weighted by Crippen LogP contribution is 2.11. The molecule has 1 rings (SSSR count). The number of hydrogen-bond acceptors (Lipinski definition) is 2. The van der Waals surface area contributed by atoms with Gasteiger partial charge in [-0.1, -0.05) is 0 Å². The van der Waals surface area contributed by atoms with Gasteiger partial charge in [0.15, 0.2) is 0 Å². The fraction of sp³-hybridized carbons (Fsp3) is 0.600. The fourth-order valence-corrected chi connectivity index (χ4v) is 1.84. The predicted molar refractivity (Wildman–Crippen MR) is 60.0 cm³/mol. The molecule has 0 aliphatic rings. The molecule has 2 nitrogen and oxygen atoms in total. The first-order chi connectivity index (χ1) is 6.25. The van der Waals surface area contributed by atoms with E-state index in [1.807, 2.05) is 18.7 Å². The third-order valence-corrected chi connectivity index (χ3v) is 2.78. The fourth-order valence-electron chi connectivity index (χ4n) is 1.42. The zero-order valence-electron chi connectivity index (χ0n) is 8.36. The summed E-state index contributed by atoms with van der Waals surface area (Å²) in [4.78, 5) is 0. The molecule has 74 valence electrons. The molecule has 1 atom stereocenters. The Morgan fingerprint density at radius 1 is 1.62 bits per heavy atom. The number of aryl methyl sites for hydroxylation is 1. The van der Waals surface area contributed by atoms with Crippen molar-refractivity contribution in [3.05, 3.63) is 24.0 Å². The summed E-state index contributed by atoms with van der Waals surface area (Å²) in [5.74, 6) is 1.22. The van der Waals surface area contributed by atoms with E-state index >= 15 is 0 Å². The molecular weight excluding hydrogens is 180 g/mol. The van der Waals surface area contributed by atoms with E-state index in [0.717, 1.165) is 6.54 Å². The Hall–Kier alpha value is -0.410. The lowest BCUT2D eigenvalue weighted by molar-refractivity contribution is 0.618. The Morgan fingerprint density at radius 3 is 3.00 bits per heavy atom. The van der Waals surface area contributed by atoms with Crippen molar-refractivity contribution in [2.24, 2.45) is 5.73 Å². The molecule has 1 aromatic rings. The van der Waals surface area contributed by atoms with Crippen LogP contribution in [0.25, 0.3) is 0 Å². The Morgan fingerprint density at radius 2 is 2.38 bits per heavy atom. The standard InChI is InChI=1S/C10H18N2S/c1-9(11)10-5-3-6-12(10)7-4-8-13-2/h3,5-6,9H,4,7-8,11H2,1-2H3. The van der Waals surface area contributed by atoms with Crippen molar-refractivity contribution in [1.82, 2.24) is 4.57 Å². The molecular formula is C10H18N2S. The molecule has 0 spiro atoms. The molecule has 0 radical (unpaired) electrons. The van der Waals surface area contributed by atoms with Gasteiger partial charge in [0, 0.05) is 24.5 Å². The summed E-state index contributed by atoms with van der Waals surface area (Å²) in [5.41, 5.74) is 7.07. The third kappa shape index (κ3) is 3.08. The van der Waals surface area contributed by atoms with Gasteiger partial charge in [0.1, 0.15) is 0 Å². The molecule has 0 amide bonds. The average molecular weight is 198 g/mol. The summed E-state index contributed by atoms with van der Waals surface area (Å²) in [6.07, 6.45) is 5.47. The van der Waals surface area contributed by atoms with E-state index in [2.05, 4.69) is 29.2 Å². The van der Waals surface area contributed by atoms with Crippen LogP contribution in [0.2, 0.25) is 0 Å². The molecule has 0 saturated heterocycles. The molecule has 1 heterocycles. The van der Waals surface area contributed by atoms with Gasteiger partial charge in [0.2, 0.25) is 0 Å². The van der Waals surface area contributed by atoms with Crippen molar-refractivity contribution in [2.75, 3.05) is 12.0 Å². The minimum Gasteiger partial charge on any atom is -0.350 e.